The zero-order valence-electron chi connectivity index (χ0n) is 2.71. The van der Waals surface area contributed by atoms with Crippen LogP contribution in [0.25, 0.3) is 0 Å². The zero-order valence-corrected chi connectivity index (χ0v) is 3.61. The second kappa shape index (κ2) is 2.80. The van der Waals surface area contributed by atoms with Crippen LogP contribution in [0.4, 0.5) is 4.79 Å². The zero-order chi connectivity index (χ0) is 4.99. The van der Waals surface area contributed by atoms with Crippen molar-refractivity contribution < 1.29 is 14.2 Å². The second-order valence-electron chi connectivity index (χ2n) is 0.499. The van der Waals surface area contributed by atoms with Crippen molar-refractivity contribution in [2.24, 2.45) is 0 Å². The van der Waals surface area contributed by atoms with E-state index in [1.165, 1.54) is 5.48 Å². The Balaban J connectivity index is 2.83. The van der Waals surface area contributed by atoms with Crippen molar-refractivity contribution in [1.82, 2.24) is 5.48 Å². The summed E-state index contributed by atoms with van der Waals surface area (Å²) >= 11 is 3.07. The van der Waals surface area contributed by atoms with Crippen molar-refractivity contribution in [1.29, 1.82) is 0 Å². The van der Waals surface area contributed by atoms with Gasteiger partial charge < -0.3 is 5.11 Å². The predicted octanol–water partition coefficient (Wildman–Crippen LogP) is 0.0304. The van der Waals surface area contributed by atoms with E-state index in [1.807, 2.05) is 0 Å². The van der Waals surface area contributed by atoms with Gasteiger partial charge in [-0.05, 0) is 0 Å². The number of carbonyl (C=O) groups is 1. The van der Waals surface area contributed by atoms with Gasteiger partial charge >= 0.3 is 6.09 Å². The summed E-state index contributed by atoms with van der Waals surface area (Å²) in [6.45, 7) is 0. The SMILES string of the molecule is O=C(O)NOS. The van der Waals surface area contributed by atoms with Gasteiger partial charge in [-0.3, -0.25) is 0 Å². The van der Waals surface area contributed by atoms with E-state index in [9.17, 15) is 4.79 Å². The van der Waals surface area contributed by atoms with E-state index in [4.69, 9.17) is 5.11 Å². The molecule has 0 radical (unpaired) electrons. The monoisotopic (exact) mass is 109 g/mol. The molecule has 0 unspecified atom stereocenters. The first-order valence-electron chi connectivity index (χ1n) is 1.06. The first kappa shape index (κ1) is 5.58. The summed E-state index contributed by atoms with van der Waals surface area (Å²) in [5.74, 6) is 0. The normalized spacial score (nSPS) is 7.50. The minimum atomic E-state index is -1.26. The summed E-state index contributed by atoms with van der Waals surface area (Å²) in [4.78, 5) is 9.31. The molecule has 0 aliphatic carbocycles. The summed E-state index contributed by atoms with van der Waals surface area (Å²) in [5.41, 5.74) is 1.49. The Bertz CT molecular complexity index is 54.8. The molecule has 0 saturated heterocycles. The Morgan fingerprint density at radius 1 is 2.00 bits per heavy atom. The van der Waals surface area contributed by atoms with E-state index in [0.29, 0.717) is 0 Å². The molecule has 36 valence electrons. The summed E-state index contributed by atoms with van der Waals surface area (Å²) in [6.07, 6.45) is -1.26. The first-order valence-corrected chi connectivity index (χ1v) is 1.43. The quantitative estimate of drug-likeness (QED) is 0.253. The second-order valence-corrected chi connectivity index (χ2v) is 0.681. The van der Waals surface area contributed by atoms with Crippen LogP contribution in [0.15, 0.2) is 0 Å². The molecule has 0 atom stereocenters. The Labute approximate surface area is 39.7 Å². The summed E-state index contributed by atoms with van der Waals surface area (Å²) in [5, 5.41) is 7.63. The highest BCUT2D eigenvalue weighted by Gasteiger charge is 1.84. The van der Waals surface area contributed by atoms with Crippen LogP contribution in [-0.2, 0) is 4.28 Å². The van der Waals surface area contributed by atoms with Gasteiger partial charge in [0.15, 0.2) is 0 Å². The summed E-state index contributed by atoms with van der Waals surface area (Å²) < 4.78 is 3.65. The van der Waals surface area contributed by atoms with Crippen molar-refractivity contribution in [3.05, 3.63) is 0 Å². The molecule has 0 fully saturated rings. The fraction of sp³-hybridized carbons (Fsp3) is 0. The molecule has 0 rings (SSSR count). The average Bonchev–Trinajstić information content (AvgIpc) is 1.35. The smallest absolute Gasteiger partial charge is 0.429 e. The molecule has 0 saturated carbocycles. The van der Waals surface area contributed by atoms with E-state index in [0.717, 1.165) is 0 Å². The number of hydroxylamine groups is 1. The van der Waals surface area contributed by atoms with Crippen LogP contribution in [-0.4, -0.2) is 11.2 Å². The molecule has 0 spiro atoms. The Morgan fingerprint density at radius 2 is 2.50 bits per heavy atom. The van der Waals surface area contributed by atoms with Crippen LogP contribution in [0.2, 0.25) is 0 Å². The Morgan fingerprint density at radius 3 is 2.50 bits per heavy atom. The maximum absolute atomic E-state index is 9.31. The third-order valence-corrected chi connectivity index (χ3v) is 0.224. The van der Waals surface area contributed by atoms with Crippen molar-refractivity contribution in [3.8, 4) is 0 Å². The van der Waals surface area contributed by atoms with E-state index in [2.05, 4.69) is 17.2 Å². The van der Waals surface area contributed by atoms with Gasteiger partial charge in [-0.15, -0.1) is 0 Å². The van der Waals surface area contributed by atoms with Gasteiger partial charge in [-0.1, -0.05) is 0 Å². The summed E-state index contributed by atoms with van der Waals surface area (Å²) in [7, 11) is 0. The van der Waals surface area contributed by atoms with Gasteiger partial charge in [-0.25, -0.2) is 9.08 Å². The minimum Gasteiger partial charge on any atom is -0.464 e. The lowest BCUT2D eigenvalue weighted by Gasteiger charge is -1.86. The third-order valence-electron chi connectivity index (χ3n) is 0.133. The van der Waals surface area contributed by atoms with E-state index >= 15 is 0 Å². The number of hydrogen-bond acceptors (Lipinski definition) is 3. The Kier molecular flexibility index (Phi) is 2.60. The molecule has 4 nitrogen and oxygen atoms in total. The molecule has 0 aliphatic rings. The van der Waals surface area contributed by atoms with Crippen molar-refractivity contribution in [3.63, 3.8) is 0 Å². The number of nitrogens with one attached hydrogen (secondary N) is 1. The molecule has 0 heterocycles. The first-order chi connectivity index (χ1) is 2.77. The third kappa shape index (κ3) is 3.58. The van der Waals surface area contributed by atoms with Crippen molar-refractivity contribution in [2.75, 3.05) is 0 Å². The maximum atomic E-state index is 9.31. The largest absolute Gasteiger partial charge is 0.464 e. The molecule has 0 aromatic heterocycles. The lowest BCUT2D eigenvalue weighted by Crippen LogP contribution is -2.15. The van der Waals surface area contributed by atoms with E-state index in [-0.39, 0.29) is 0 Å². The highest BCUT2D eigenvalue weighted by atomic mass is 32.1. The molecule has 0 bridgehead atoms. The molecular formula is CH3NO3S. The number of carboxylic acid groups (broad SMARTS) is 1. The highest BCUT2D eigenvalue weighted by Crippen LogP contribution is 1.66. The minimum absolute atomic E-state index is 1.26. The van der Waals surface area contributed by atoms with Crippen LogP contribution in [0.3, 0.4) is 0 Å². The van der Waals surface area contributed by atoms with Gasteiger partial charge in [0.2, 0.25) is 0 Å². The molecule has 1 amide bonds. The topological polar surface area (TPSA) is 58.6 Å². The molecule has 0 aliphatic heterocycles. The molecule has 5 heteroatoms. The Hall–Kier alpha value is -0.420. The maximum Gasteiger partial charge on any atom is 0.429 e. The number of rotatable bonds is 1. The van der Waals surface area contributed by atoms with Crippen LogP contribution in [0.1, 0.15) is 0 Å². The fourth-order valence-electron chi connectivity index (χ4n) is 0.0390. The van der Waals surface area contributed by atoms with Crippen LogP contribution < -0.4 is 5.48 Å². The predicted molar refractivity (Wildman–Crippen MR) is 21.2 cm³/mol. The van der Waals surface area contributed by atoms with E-state index < -0.39 is 6.09 Å². The van der Waals surface area contributed by atoms with Gasteiger partial charge in [0.25, 0.3) is 0 Å². The lowest BCUT2D eigenvalue weighted by atomic mass is 11.3. The number of amides is 1. The van der Waals surface area contributed by atoms with Gasteiger partial charge in [-0.2, -0.15) is 5.48 Å². The number of thiol groups is 1. The average molecular weight is 109 g/mol. The molecular weight excluding hydrogens is 106 g/mol. The van der Waals surface area contributed by atoms with Crippen molar-refractivity contribution >= 4 is 19.0 Å². The molecule has 2 N–H and O–H groups in total. The lowest BCUT2D eigenvalue weighted by molar-refractivity contribution is 0.150. The van der Waals surface area contributed by atoms with Crippen LogP contribution >= 0.6 is 12.9 Å². The molecule has 6 heavy (non-hydrogen) atoms. The molecule has 0 aromatic carbocycles. The van der Waals surface area contributed by atoms with Gasteiger partial charge in [0, 0.05) is 12.9 Å². The van der Waals surface area contributed by atoms with E-state index in [1.54, 1.807) is 0 Å². The van der Waals surface area contributed by atoms with Crippen LogP contribution in [0.5, 0.6) is 0 Å². The number of hydrogen-bond donors (Lipinski definition) is 3. The van der Waals surface area contributed by atoms with Gasteiger partial charge in [0.05, 0.1) is 0 Å². The van der Waals surface area contributed by atoms with Gasteiger partial charge in [0.1, 0.15) is 0 Å². The standard InChI is InChI=1S/CH3NO3S/c3-1(4)2-5-6/h2,6H,(H,3,4). The van der Waals surface area contributed by atoms with Crippen LogP contribution in [0, 0.1) is 0 Å². The molecule has 0 aromatic rings. The fourth-order valence-corrected chi connectivity index (χ4v) is 0.117. The van der Waals surface area contributed by atoms with Crippen molar-refractivity contribution in [2.45, 2.75) is 0 Å². The highest BCUT2D eigenvalue weighted by molar-refractivity contribution is 7.75. The summed E-state index contributed by atoms with van der Waals surface area (Å²) in [6, 6.07) is 0.